The summed E-state index contributed by atoms with van der Waals surface area (Å²) in [7, 11) is 4.80. The number of methoxy groups -OCH3 is 3. The lowest BCUT2D eigenvalue weighted by atomic mass is 10.1. The predicted molar refractivity (Wildman–Crippen MR) is 118 cm³/mol. The number of carbonyl (C=O) groups is 1. The Labute approximate surface area is 186 Å². The molecule has 30 heavy (non-hydrogen) atoms. The highest BCUT2D eigenvalue weighted by Crippen LogP contribution is 2.40. The number of carbonyl (C=O) groups excluding carboxylic acids is 1. The zero-order chi connectivity index (χ0) is 21.7. The van der Waals surface area contributed by atoms with Gasteiger partial charge in [0, 0.05) is 43.3 Å². The van der Waals surface area contributed by atoms with E-state index >= 15 is 0 Å². The molecule has 0 unspecified atom stereocenters. The van der Waals surface area contributed by atoms with Crippen molar-refractivity contribution < 1.29 is 19.0 Å². The maximum absolute atomic E-state index is 12.6. The van der Waals surface area contributed by atoms with E-state index in [0.29, 0.717) is 52.6 Å². The van der Waals surface area contributed by atoms with Crippen LogP contribution in [0.15, 0.2) is 30.3 Å². The molecule has 2 aromatic rings. The molecule has 3 rings (SSSR count). The van der Waals surface area contributed by atoms with Crippen molar-refractivity contribution in [1.82, 2.24) is 9.80 Å². The van der Waals surface area contributed by atoms with Gasteiger partial charge in [0.25, 0.3) is 0 Å². The molecule has 2 aromatic carbocycles. The third kappa shape index (κ3) is 5.03. The number of hydrogen-bond donors (Lipinski definition) is 1. The summed E-state index contributed by atoms with van der Waals surface area (Å²) in [5.74, 6) is 1.87. The van der Waals surface area contributed by atoms with Gasteiger partial charge in [-0.2, -0.15) is 0 Å². The molecule has 1 aliphatic rings. The van der Waals surface area contributed by atoms with Gasteiger partial charge in [-0.15, -0.1) is 0 Å². The lowest BCUT2D eigenvalue weighted by molar-refractivity contribution is 0.142. The molecule has 0 saturated carbocycles. The van der Waals surface area contributed by atoms with Crippen LogP contribution in [0, 0.1) is 0 Å². The van der Waals surface area contributed by atoms with E-state index in [1.807, 2.05) is 12.1 Å². The van der Waals surface area contributed by atoms with Gasteiger partial charge in [-0.1, -0.05) is 29.3 Å². The molecule has 1 heterocycles. The van der Waals surface area contributed by atoms with E-state index in [0.717, 1.165) is 18.7 Å². The van der Waals surface area contributed by atoms with Crippen molar-refractivity contribution in [3.63, 3.8) is 0 Å². The summed E-state index contributed by atoms with van der Waals surface area (Å²) in [6.07, 6.45) is 0. The number of amides is 2. The summed E-state index contributed by atoms with van der Waals surface area (Å²) >= 11 is 12.0. The van der Waals surface area contributed by atoms with Gasteiger partial charge < -0.3 is 24.4 Å². The van der Waals surface area contributed by atoms with Gasteiger partial charge in [-0.25, -0.2) is 4.79 Å². The van der Waals surface area contributed by atoms with Crippen LogP contribution >= 0.6 is 23.2 Å². The highest BCUT2D eigenvalue weighted by atomic mass is 35.5. The van der Waals surface area contributed by atoms with Gasteiger partial charge in [0.15, 0.2) is 11.5 Å². The zero-order valence-electron chi connectivity index (χ0n) is 17.2. The lowest BCUT2D eigenvalue weighted by Gasteiger charge is -2.35. The third-order valence-electron chi connectivity index (χ3n) is 5.01. The fourth-order valence-corrected chi connectivity index (χ4v) is 3.88. The smallest absolute Gasteiger partial charge is 0.321 e. The Morgan fingerprint density at radius 2 is 1.67 bits per heavy atom. The summed E-state index contributed by atoms with van der Waals surface area (Å²) in [6, 6.07) is 8.66. The van der Waals surface area contributed by atoms with Crippen LogP contribution in [0.25, 0.3) is 0 Å². The summed E-state index contributed by atoms with van der Waals surface area (Å²) in [6.45, 7) is 3.36. The normalized spacial score (nSPS) is 14.4. The minimum atomic E-state index is -0.178. The van der Waals surface area contributed by atoms with Crippen molar-refractivity contribution in [1.29, 1.82) is 0 Å². The van der Waals surface area contributed by atoms with Crippen LogP contribution in [0.3, 0.4) is 0 Å². The number of nitrogens with one attached hydrogen (secondary N) is 1. The Balaban J connectivity index is 1.60. The summed E-state index contributed by atoms with van der Waals surface area (Å²) in [5.41, 5.74) is 1.55. The second kappa shape index (κ2) is 10.1. The van der Waals surface area contributed by atoms with Crippen LogP contribution in [0.5, 0.6) is 17.2 Å². The Morgan fingerprint density at radius 1 is 0.967 bits per heavy atom. The van der Waals surface area contributed by atoms with Gasteiger partial charge >= 0.3 is 6.03 Å². The van der Waals surface area contributed by atoms with Crippen LogP contribution in [-0.4, -0.2) is 63.3 Å². The number of benzene rings is 2. The molecule has 0 atom stereocenters. The molecular formula is C21H25Cl2N3O4. The van der Waals surface area contributed by atoms with Crippen LogP contribution < -0.4 is 19.5 Å². The molecule has 1 aliphatic heterocycles. The Morgan fingerprint density at radius 3 is 2.27 bits per heavy atom. The summed E-state index contributed by atoms with van der Waals surface area (Å²) in [4.78, 5) is 16.6. The van der Waals surface area contributed by atoms with Gasteiger partial charge in [0.2, 0.25) is 5.75 Å². The standard InChI is InChI=1S/C21H25Cl2N3O4/c1-28-18-7-4-14(19(29-2)20(18)30-3)13-25-8-10-26(11-9-25)21(27)24-17-6-5-15(22)12-16(17)23/h4-7,12H,8-11,13H2,1-3H3,(H,24,27). The maximum atomic E-state index is 12.6. The van der Waals surface area contributed by atoms with Gasteiger partial charge in [0.1, 0.15) is 0 Å². The zero-order valence-corrected chi connectivity index (χ0v) is 18.7. The van der Waals surface area contributed by atoms with E-state index in [9.17, 15) is 4.79 Å². The maximum Gasteiger partial charge on any atom is 0.321 e. The van der Waals surface area contributed by atoms with E-state index in [1.165, 1.54) is 0 Å². The molecule has 7 nitrogen and oxygen atoms in total. The van der Waals surface area contributed by atoms with Gasteiger partial charge in [-0.05, 0) is 24.3 Å². The molecule has 0 bridgehead atoms. The number of anilines is 1. The van der Waals surface area contributed by atoms with E-state index in [2.05, 4.69) is 10.2 Å². The first-order valence-corrected chi connectivity index (χ1v) is 10.2. The molecule has 9 heteroatoms. The minimum absolute atomic E-state index is 0.178. The minimum Gasteiger partial charge on any atom is -0.493 e. The van der Waals surface area contributed by atoms with Crippen molar-refractivity contribution in [3.8, 4) is 17.2 Å². The van der Waals surface area contributed by atoms with Crippen molar-refractivity contribution in [2.45, 2.75) is 6.54 Å². The van der Waals surface area contributed by atoms with Crippen LogP contribution in [0.4, 0.5) is 10.5 Å². The highest BCUT2D eigenvalue weighted by Gasteiger charge is 2.24. The second-order valence-corrected chi connectivity index (χ2v) is 7.65. The number of piperazine rings is 1. The Kier molecular flexibility index (Phi) is 7.53. The summed E-state index contributed by atoms with van der Waals surface area (Å²) in [5, 5.41) is 3.78. The fourth-order valence-electron chi connectivity index (χ4n) is 3.42. The SMILES string of the molecule is COc1ccc(CN2CCN(C(=O)Nc3ccc(Cl)cc3Cl)CC2)c(OC)c1OC. The first-order chi connectivity index (χ1) is 14.5. The number of urea groups is 1. The molecule has 1 N–H and O–H groups in total. The molecule has 1 fully saturated rings. The van der Waals surface area contributed by atoms with E-state index in [4.69, 9.17) is 37.4 Å². The molecule has 0 spiro atoms. The topological polar surface area (TPSA) is 63.3 Å². The largest absolute Gasteiger partial charge is 0.493 e. The lowest BCUT2D eigenvalue weighted by Crippen LogP contribution is -2.49. The van der Waals surface area contributed by atoms with E-state index in [-0.39, 0.29) is 6.03 Å². The molecule has 1 saturated heterocycles. The van der Waals surface area contributed by atoms with E-state index < -0.39 is 0 Å². The average Bonchev–Trinajstić information content (AvgIpc) is 2.75. The Hall–Kier alpha value is -2.35. The van der Waals surface area contributed by atoms with Crippen LogP contribution in [0.1, 0.15) is 5.56 Å². The second-order valence-electron chi connectivity index (χ2n) is 6.81. The number of halogens is 2. The van der Waals surface area contributed by atoms with Crippen molar-refractivity contribution >= 4 is 34.9 Å². The number of nitrogens with zero attached hydrogens (tertiary/aromatic N) is 2. The predicted octanol–water partition coefficient (Wildman–Crippen LogP) is 4.37. The molecular weight excluding hydrogens is 429 g/mol. The first kappa shape index (κ1) is 22.3. The quantitative estimate of drug-likeness (QED) is 0.703. The van der Waals surface area contributed by atoms with Crippen LogP contribution in [-0.2, 0) is 6.54 Å². The number of ether oxygens (including phenoxy) is 3. The molecule has 0 aliphatic carbocycles. The Bertz CT molecular complexity index is 902. The number of hydrogen-bond acceptors (Lipinski definition) is 5. The molecule has 162 valence electrons. The number of rotatable bonds is 6. The van der Waals surface area contributed by atoms with Crippen LogP contribution in [0.2, 0.25) is 10.0 Å². The average molecular weight is 454 g/mol. The molecule has 0 aromatic heterocycles. The fraction of sp³-hybridized carbons (Fsp3) is 0.381. The van der Waals surface area contributed by atoms with Crippen molar-refractivity contribution in [3.05, 3.63) is 45.9 Å². The van der Waals surface area contributed by atoms with Crippen molar-refractivity contribution in [2.75, 3.05) is 52.8 Å². The molecule has 2 amide bonds. The monoisotopic (exact) mass is 453 g/mol. The van der Waals surface area contributed by atoms with E-state index in [1.54, 1.807) is 44.4 Å². The van der Waals surface area contributed by atoms with Crippen molar-refractivity contribution in [2.24, 2.45) is 0 Å². The van der Waals surface area contributed by atoms with Gasteiger partial charge in [0.05, 0.1) is 32.0 Å². The third-order valence-corrected chi connectivity index (χ3v) is 5.56. The highest BCUT2D eigenvalue weighted by molar-refractivity contribution is 6.36. The first-order valence-electron chi connectivity index (χ1n) is 9.48. The van der Waals surface area contributed by atoms with Gasteiger partial charge in [-0.3, -0.25) is 4.90 Å². The molecule has 0 radical (unpaired) electrons. The summed E-state index contributed by atoms with van der Waals surface area (Å²) < 4.78 is 16.4.